The summed E-state index contributed by atoms with van der Waals surface area (Å²) in [5, 5.41) is 2.56. The Hall–Kier alpha value is -0.183. The molecule has 0 aliphatic heterocycles. The predicted molar refractivity (Wildman–Crippen MR) is 66.0 cm³/mol. The number of hydrogen-bond donors (Lipinski definition) is 0. The van der Waals surface area contributed by atoms with Crippen molar-refractivity contribution in [2.24, 2.45) is 0 Å². The Balaban J connectivity index is 3.29. The van der Waals surface area contributed by atoms with Crippen molar-refractivity contribution in [3.63, 3.8) is 0 Å². The monoisotopic (exact) mass is 248 g/mol. The van der Waals surface area contributed by atoms with E-state index in [0.29, 0.717) is 10.8 Å². The van der Waals surface area contributed by atoms with Crippen molar-refractivity contribution < 1.29 is 4.74 Å². The highest BCUT2D eigenvalue weighted by molar-refractivity contribution is 6.90. The van der Waals surface area contributed by atoms with E-state index in [-0.39, 0.29) is 0 Å². The Morgan fingerprint density at radius 1 is 1.07 bits per heavy atom. The first-order valence-electron chi connectivity index (χ1n) is 4.40. The first kappa shape index (κ1) is 11.9. The normalized spacial score (nSPS) is 11.6. The van der Waals surface area contributed by atoms with Gasteiger partial charge in [0.15, 0.2) is 0 Å². The summed E-state index contributed by atoms with van der Waals surface area (Å²) in [5.74, 6) is 0.638. The molecule has 0 atom stereocenters. The number of benzene rings is 1. The van der Waals surface area contributed by atoms with Gasteiger partial charge in [-0.05, 0) is 11.3 Å². The van der Waals surface area contributed by atoms with Gasteiger partial charge < -0.3 is 4.74 Å². The van der Waals surface area contributed by atoms with E-state index in [2.05, 4.69) is 19.6 Å². The van der Waals surface area contributed by atoms with Crippen LogP contribution in [0.1, 0.15) is 0 Å². The van der Waals surface area contributed by atoms with E-state index in [1.807, 2.05) is 6.07 Å². The van der Waals surface area contributed by atoms with Crippen LogP contribution in [0.4, 0.5) is 0 Å². The molecule has 0 aliphatic rings. The molecule has 1 rings (SSSR count). The van der Waals surface area contributed by atoms with E-state index < -0.39 is 8.07 Å². The minimum Gasteiger partial charge on any atom is -0.495 e. The minimum absolute atomic E-state index is 0.634. The quantitative estimate of drug-likeness (QED) is 0.728. The second-order valence-corrected chi connectivity index (χ2v) is 10.1. The third-order valence-electron chi connectivity index (χ3n) is 2.05. The van der Waals surface area contributed by atoms with Gasteiger partial charge in [-0.25, -0.2) is 0 Å². The van der Waals surface area contributed by atoms with E-state index in [1.54, 1.807) is 13.2 Å². The molecule has 14 heavy (non-hydrogen) atoms. The molecule has 1 aromatic rings. The summed E-state index contributed by atoms with van der Waals surface area (Å²) in [6.07, 6.45) is 0. The zero-order chi connectivity index (χ0) is 10.9. The van der Waals surface area contributed by atoms with Crippen molar-refractivity contribution >= 4 is 36.5 Å². The van der Waals surface area contributed by atoms with Crippen molar-refractivity contribution in [3.05, 3.63) is 22.2 Å². The van der Waals surface area contributed by atoms with Crippen molar-refractivity contribution in [2.45, 2.75) is 19.6 Å². The number of hydrogen-bond acceptors (Lipinski definition) is 1. The fourth-order valence-corrected chi connectivity index (χ4v) is 3.96. The average Bonchev–Trinajstić information content (AvgIpc) is 2.06. The molecule has 0 bridgehead atoms. The first-order valence-corrected chi connectivity index (χ1v) is 8.65. The Labute approximate surface area is 96.0 Å². The van der Waals surface area contributed by atoms with Gasteiger partial charge in [-0.15, -0.1) is 0 Å². The molecule has 0 saturated carbocycles. The molecule has 4 heteroatoms. The molecule has 0 unspecified atom stereocenters. The number of methoxy groups -OCH3 is 1. The lowest BCUT2D eigenvalue weighted by atomic mass is 10.3. The Morgan fingerprint density at radius 3 is 2.07 bits per heavy atom. The van der Waals surface area contributed by atoms with Crippen molar-refractivity contribution in [2.75, 3.05) is 7.11 Å². The molecule has 0 radical (unpaired) electrons. The number of halogens is 2. The zero-order valence-electron chi connectivity index (χ0n) is 8.82. The van der Waals surface area contributed by atoms with Crippen LogP contribution in [-0.2, 0) is 0 Å². The average molecular weight is 249 g/mol. The summed E-state index contributed by atoms with van der Waals surface area (Å²) in [5.41, 5.74) is 0. The zero-order valence-corrected chi connectivity index (χ0v) is 11.3. The molecule has 78 valence electrons. The molecule has 1 nitrogen and oxygen atoms in total. The fraction of sp³-hybridized carbons (Fsp3) is 0.400. The van der Waals surface area contributed by atoms with Crippen LogP contribution in [0.5, 0.6) is 5.75 Å². The second kappa shape index (κ2) is 4.13. The van der Waals surface area contributed by atoms with E-state index in [1.165, 1.54) is 5.19 Å². The largest absolute Gasteiger partial charge is 0.495 e. The molecule has 0 amide bonds. The van der Waals surface area contributed by atoms with E-state index in [9.17, 15) is 0 Å². The lowest BCUT2D eigenvalue weighted by Gasteiger charge is -2.19. The summed E-state index contributed by atoms with van der Waals surface area (Å²) in [7, 11) is 0.172. The van der Waals surface area contributed by atoms with Crippen LogP contribution in [0, 0.1) is 0 Å². The lowest BCUT2D eigenvalue weighted by Crippen LogP contribution is -2.38. The Kier molecular flexibility index (Phi) is 3.51. The molecule has 0 N–H and O–H groups in total. The summed E-state index contributed by atoms with van der Waals surface area (Å²) < 4.78 is 5.09. The van der Waals surface area contributed by atoms with Crippen LogP contribution in [0.2, 0.25) is 29.7 Å². The predicted octanol–water partition coefficient (Wildman–Crippen LogP) is 3.55. The van der Waals surface area contributed by atoms with Gasteiger partial charge in [0.1, 0.15) is 5.75 Å². The highest BCUT2D eigenvalue weighted by Crippen LogP contribution is 2.27. The minimum atomic E-state index is -1.42. The van der Waals surface area contributed by atoms with E-state index in [4.69, 9.17) is 27.9 Å². The SMILES string of the molecule is COc1cc(Cl)c([Si](C)(C)C)cc1Cl. The van der Waals surface area contributed by atoms with Crippen LogP contribution >= 0.6 is 23.2 Å². The molecule has 1 aromatic carbocycles. The topological polar surface area (TPSA) is 9.23 Å². The number of rotatable bonds is 2. The van der Waals surface area contributed by atoms with Gasteiger partial charge in [0, 0.05) is 11.1 Å². The van der Waals surface area contributed by atoms with Gasteiger partial charge in [-0.2, -0.15) is 0 Å². The second-order valence-electron chi connectivity index (χ2n) is 4.22. The molecule has 0 spiro atoms. The summed E-state index contributed by atoms with van der Waals surface area (Å²) >= 11 is 12.2. The van der Waals surface area contributed by atoms with Gasteiger partial charge in [0.2, 0.25) is 0 Å². The smallest absolute Gasteiger partial charge is 0.138 e. The van der Waals surface area contributed by atoms with E-state index in [0.717, 1.165) is 5.02 Å². The number of ether oxygens (including phenoxy) is 1. The van der Waals surface area contributed by atoms with Gasteiger partial charge in [-0.1, -0.05) is 42.8 Å². The van der Waals surface area contributed by atoms with Crippen molar-refractivity contribution in [1.82, 2.24) is 0 Å². The van der Waals surface area contributed by atoms with Gasteiger partial charge >= 0.3 is 0 Å². The molecule has 0 saturated heterocycles. The lowest BCUT2D eigenvalue weighted by molar-refractivity contribution is 0.415. The molecular formula is C10H14Cl2OSi. The molecule has 0 aromatic heterocycles. The van der Waals surface area contributed by atoms with Crippen molar-refractivity contribution in [1.29, 1.82) is 0 Å². The van der Waals surface area contributed by atoms with Gasteiger partial charge in [0.25, 0.3) is 0 Å². The maximum atomic E-state index is 6.16. The third kappa shape index (κ3) is 2.44. The summed E-state index contributed by atoms with van der Waals surface area (Å²) in [6.45, 7) is 6.70. The maximum absolute atomic E-state index is 6.16. The van der Waals surface area contributed by atoms with E-state index >= 15 is 0 Å². The van der Waals surface area contributed by atoms with Gasteiger partial charge in [-0.3, -0.25) is 0 Å². The first-order chi connectivity index (χ1) is 6.36. The van der Waals surface area contributed by atoms with Crippen LogP contribution in [0.15, 0.2) is 12.1 Å². The van der Waals surface area contributed by atoms with Crippen LogP contribution < -0.4 is 9.92 Å². The standard InChI is InChI=1S/C10H14Cl2OSi/c1-13-9-5-8(12)10(6-7(9)11)14(2,3)4/h5-6H,1-4H3. The Bertz CT molecular complexity index is 345. The Morgan fingerprint density at radius 2 is 1.64 bits per heavy atom. The molecular weight excluding hydrogens is 235 g/mol. The van der Waals surface area contributed by atoms with Crippen LogP contribution in [0.3, 0.4) is 0 Å². The van der Waals surface area contributed by atoms with Crippen molar-refractivity contribution in [3.8, 4) is 5.75 Å². The van der Waals surface area contributed by atoms with Crippen LogP contribution in [0.25, 0.3) is 0 Å². The highest BCUT2D eigenvalue weighted by atomic mass is 35.5. The summed E-state index contributed by atoms with van der Waals surface area (Å²) in [6, 6.07) is 3.71. The molecule has 0 aliphatic carbocycles. The third-order valence-corrected chi connectivity index (χ3v) is 4.85. The fourth-order valence-electron chi connectivity index (χ4n) is 1.26. The highest BCUT2D eigenvalue weighted by Gasteiger charge is 2.21. The van der Waals surface area contributed by atoms with Gasteiger partial charge in [0.05, 0.1) is 20.2 Å². The molecule has 0 fully saturated rings. The maximum Gasteiger partial charge on any atom is 0.138 e. The molecule has 0 heterocycles. The summed E-state index contributed by atoms with van der Waals surface area (Å²) in [4.78, 5) is 0. The van der Waals surface area contributed by atoms with Crippen LogP contribution in [-0.4, -0.2) is 15.2 Å².